The zero-order chi connectivity index (χ0) is 11.6. The second kappa shape index (κ2) is 4.18. The molecule has 0 saturated carbocycles. The number of hydrogen-bond acceptors (Lipinski definition) is 1. The molecule has 0 spiro atoms. The number of benzene rings is 1. The second-order valence-corrected chi connectivity index (χ2v) is 3.32. The van der Waals surface area contributed by atoms with Gasteiger partial charge in [0.05, 0.1) is 0 Å². The lowest BCUT2D eigenvalue weighted by atomic mass is 10.2. The minimum Gasteiger partial charge on any atom is -0.699 e. The molecular weight excluding hydrogens is 231 g/mol. The van der Waals surface area contributed by atoms with Crippen LogP contribution in [-0.2, 0) is 0 Å². The molecule has 0 saturated heterocycles. The highest BCUT2D eigenvalue weighted by Crippen LogP contribution is 2.30. The summed E-state index contributed by atoms with van der Waals surface area (Å²) in [5.74, 6) is -0.225. The summed E-state index contributed by atoms with van der Waals surface area (Å²) in [5, 5.41) is 0. The van der Waals surface area contributed by atoms with Gasteiger partial charge in [-0.05, 0) is 19.1 Å². The molecule has 84 valence electrons. The monoisotopic (exact) mass is 238 g/mol. The first-order valence-corrected chi connectivity index (χ1v) is 4.44. The maximum atomic E-state index is 12.7. The van der Waals surface area contributed by atoms with Crippen molar-refractivity contribution in [3.63, 3.8) is 0 Å². The number of hydrogen-bond donors (Lipinski definition) is 0. The number of aryl methyl sites for hydroxylation is 1. The summed E-state index contributed by atoms with van der Waals surface area (Å²) in [6.45, 7) is 1.56. The molecule has 0 aliphatic rings. The van der Waals surface area contributed by atoms with Gasteiger partial charge < -0.3 is 10.5 Å². The van der Waals surface area contributed by atoms with Crippen LogP contribution in [0.15, 0.2) is 18.2 Å². The number of nitrogens with one attached hydrogen (secondary N) is 1. The quantitative estimate of drug-likeness (QED) is 0.727. The summed E-state index contributed by atoms with van der Waals surface area (Å²) in [7, 11) is 0. The van der Waals surface area contributed by atoms with Crippen molar-refractivity contribution in [3.8, 4) is 5.75 Å². The molecule has 1 aromatic carbocycles. The smallest absolute Gasteiger partial charge is 0.444 e. The van der Waals surface area contributed by atoms with Crippen molar-refractivity contribution in [1.82, 2.24) is 0 Å². The first-order chi connectivity index (χ1) is 6.83. The van der Waals surface area contributed by atoms with Gasteiger partial charge >= 0.3 is 6.11 Å². The number of ether oxygens (including phenoxy) is 1. The Morgan fingerprint density at radius 1 is 1.47 bits per heavy atom. The normalized spacial score (nSPS) is 13.7. The molecule has 2 nitrogen and oxygen atoms in total. The minimum atomic E-state index is -4.07. The van der Waals surface area contributed by atoms with Crippen molar-refractivity contribution >= 4 is 17.3 Å². The van der Waals surface area contributed by atoms with E-state index in [0.29, 0.717) is 5.56 Å². The highest BCUT2D eigenvalue weighted by Gasteiger charge is 2.42. The van der Waals surface area contributed by atoms with E-state index in [4.69, 9.17) is 5.73 Å². The topological polar surface area (TPSA) is 33.0 Å². The predicted octanol–water partition coefficient (Wildman–Crippen LogP) is 4.18. The van der Waals surface area contributed by atoms with Crippen LogP contribution in [0.4, 0.5) is 18.9 Å². The van der Waals surface area contributed by atoms with Gasteiger partial charge in [-0.3, -0.25) is 0 Å². The third-order valence-corrected chi connectivity index (χ3v) is 1.96. The molecule has 0 aliphatic carbocycles. The summed E-state index contributed by atoms with van der Waals surface area (Å²) in [6.07, 6.45) is -4.07. The highest BCUT2D eigenvalue weighted by molar-refractivity contribution is 6.20. The Bertz CT molecular complexity index is 357. The number of alkyl halides is 4. The van der Waals surface area contributed by atoms with Crippen LogP contribution in [0.1, 0.15) is 5.56 Å². The average Bonchev–Trinajstić information content (AvgIpc) is 2.10. The molecule has 1 rings (SSSR count). The van der Waals surface area contributed by atoms with E-state index in [9.17, 15) is 13.2 Å². The maximum Gasteiger partial charge on any atom is 0.444 e. The Balaban J connectivity index is 2.86. The van der Waals surface area contributed by atoms with E-state index in [0.717, 1.165) is 6.07 Å². The third kappa shape index (κ3) is 2.92. The highest BCUT2D eigenvalue weighted by atomic mass is 35.5. The zero-order valence-electron chi connectivity index (χ0n) is 7.73. The number of rotatable bonds is 3. The molecular formula is C9H8ClF3NO-. The van der Waals surface area contributed by atoms with E-state index < -0.39 is 11.7 Å². The van der Waals surface area contributed by atoms with Crippen LogP contribution in [0, 0.1) is 6.92 Å². The Kier molecular flexibility index (Phi) is 3.34. The molecule has 0 bridgehead atoms. The van der Waals surface area contributed by atoms with Crippen LogP contribution in [0.5, 0.6) is 5.75 Å². The zero-order valence-corrected chi connectivity index (χ0v) is 8.49. The molecule has 6 heteroatoms. The third-order valence-electron chi connectivity index (χ3n) is 1.71. The number of halogens is 4. The average molecular weight is 239 g/mol. The summed E-state index contributed by atoms with van der Waals surface area (Å²) >= 11 is 4.61. The van der Waals surface area contributed by atoms with Crippen LogP contribution in [0.2, 0.25) is 0 Å². The van der Waals surface area contributed by atoms with Crippen LogP contribution in [-0.4, -0.2) is 11.7 Å². The van der Waals surface area contributed by atoms with Gasteiger partial charge in [0, 0.05) is 0 Å². The van der Waals surface area contributed by atoms with Gasteiger partial charge in [0.1, 0.15) is 5.75 Å². The van der Waals surface area contributed by atoms with E-state index in [1.165, 1.54) is 12.1 Å². The van der Waals surface area contributed by atoms with E-state index in [2.05, 4.69) is 16.3 Å². The van der Waals surface area contributed by atoms with Gasteiger partial charge in [-0.2, -0.15) is 8.78 Å². The van der Waals surface area contributed by atoms with Crippen LogP contribution < -0.4 is 4.74 Å². The molecule has 15 heavy (non-hydrogen) atoms. The fraction of sp³-hybridized carbons (Fsp3) is 0.333. The maximum absolute atomic E-state index is 12.7. The Morgan fingerprint density at radius 2 is 2.07 bits per heavy atom. The largest absolute Gasteiger partial charge is 0.699 e. The molecule has 0 fully saturated rings. The second-order valence-electron chi connectivity index (χ2n) is 2.94. The molecule has 0 heterocycles. The SMILES string of the molecule is Cc1cc(OC(F)(F)C(F)Cl)ccc1[NH-]. The lowest BCUT2D eigenvalue weighted by Gasteiger charge is -2.19. The van der Waals surface area contributed by atoms with Crippen molar-refractivity contribution in [3.05, 3.63) is 29.5 Å². The Morgan fingerprint density at radius 3 is 2.53 bits per heavy atom. The molecule has 1 aromatic rings. The van der Waals surface area contributed by atoms with E-state index >= 15 is 0 Å². The summed E-state index contributed by atoms with van der Waals surface area (Å²) in [6, 6.07) is 3.65. The standard InChI is InChI=1S/C9H8ClF3NO/c1-5-4-6(2-3-7(5)14)15-9(12,13)8(10)11/h2-4,8,14H,1H3/q-1. The first kappa shape index (κ1) is 12.0. The van der Waals surface area contributed by atoms with Crippen LogP contribution >= 0.6 is 11.6 Å². The summed E-state index contributed by atoms with van der Waals surface area (Å²) < 4.78 is 41.7. The molecule has 1 unspecified atom stereocenters. The van der Waals surface area contributed by atoms with Crippen molar-refractivity contribution in [1.29, 1.82) is 0 Å². The molecule has 1 N–H and O–H groups in total. The van der Waals surface area contributed by atoms with Gasteiger partial charge in [0.15, 0.2) is 0 Å². The Labute approximate surface area is 89.8 Å². The van der Waals surface area contributed by atoms with Crippen LogP contribution in [0.3, 0.4) is 0 Å². The van der Waals surface area contributed by atoms with Crippen molar-refractivity contribution in [2.24, 2.45) is 0 Å². The van der Waals surface area contributed by atoms with E-state index in [1.54, 1.807) is 6.92 Å². The van der Waals surface area contributed by atoms with E-state index in [-0.39, 0.29) is 11.4 Å². The van der Waals surface area contributed by atoms with Gasteiger partial charge in [0.25, 0.3) is 5.63 Å². The van der Waals surface area contributed by atoms with Gasteiger partial charge in [-0.25, -0.2) is 4.39 Å². The molecule has 0 radical (unpaired) electrons. The van der Waals surface area contributed by atoms with E-state index in [1.807, 2.05) is 0 Å². The minimum absolute atomic E-state index is 0.188. The molecule has 1 atom stereocenters. The van der Waals surface area contributed by atoms with Crippen molar-refractivity contribution < 1.29 is 17.9 Å². The van der Waals surface area contributed by atoms with Gasteiger partial charge in [-0.1, -0.05) is 23.2 Å². The lowest BCUT2D eigenvalue weighted by Crippen LogP contribution is -2.32. The van der Waals surface area contributed by atoms with Crippen molar-refractivity contribution in [2.45, 2.75) is 18.7 Å². The lowest BCUT2D eigenvalue weighted by molar-refractivity contribution is -0.199. The first-order valence-electron chi connectivity index (χ1n) is 4.00. The van der Waals surface area contributed by atoms with Gasteiger partial charge in [-0.15, -0.1) is 5.69 Å². The van der Waals surface area contributed by atoms with Crippen molar-refractivity contribution in [2.75, 3.05) is 0 Å². The fourth-order valence-corrected chi connectivity index (χ4v) is 0.946. The summed E-state index contributed by atoms with van der Waals surface area (Å²) in [5.41, 5.74) is 5.02. The van der Waals surface area contributed by atoms with Gasteiger partial charge in [0.2, 0.25) is 0 Å². The predicted molar refractivity (Wildman–Crippen MR) is 51.5 cm³/mol. The Hall–Kier alpha value is -1.10. The summed E-state index contributed by atoms with van der Waals surface area (Å²) in [4.78, 5) is 0. The molecule has 0 amide bonds. The van der Waals surface area contributed by atoms with Crippen LogP contribution in [0.25, 0.3) is 5.73 Å². The molecule has 0 aliphatic heterocycles. The fourth-order valence-electron chi connectivity index (χ4n) is 0.901. The molecule has 0 aromatic heterocycles.